The van der Waals surface area contributed by atoms with Gasteiger partial charge in [0.25, 0.3) is 0 Å². The van der Waals surface area contributed by atoms with E-state index in [0.29, 0.717) is 30.2 Å². The SMILES string of the molecule is CCOc1cnc2c(c1)c(C#N)c(C1=NCC(CNC(C)C(F)(F)F)C=C1)n2C1CCC1. The number of rotatable bonds is 7. The Kier molecular flexibility index (Phi) is 6.24. The zero-order valence-electron chi connectivity index (χ0n) is 18.1. The fraction of sp³-hybridized carbons (Fsp3) is 0.522. The van der Waals surface area contributed by atoms with Crippen LogP contribution in [0.2, 0.25) is 0 Å². The molecule has 1 N–H and O–H groups in total. The molecule has 1 aliphatic heterocycles. The molecule has 6 nitrogen and oxygen atoms in total. The first-order chi connectivity index (χ1) is 15.3. The molecule has 2 aliphatic rings. The molecule has 1 fully saturated rings. The number of pyridine rings is 1. The summed E-state index contributed by atoms with van der Waals surface area (Å²) >= 11 is 0. The lowest BCUT2D eigenvalue weighted by atomic mass is 9.92. The van der Waals surface area contributed by atoms with Gasteiger partial charge < -0.3 is 14.6 Å². The Bertz CT molecular complexity index is 1090. The molecule has 170 valence electrons. The van der Waals surface area contributed by atoms with Crippen LogP contribution >= 0.6 is 0 Å². The Morgan fingerprint density at radius 3 is 2.72 bits per heavy atom. The lowest BCUT2D eigenvalue weighted by Gasteiger charge is -2.30. The minimum atomic E-state index is -4.27. The number of fused-ring (bicyclic) bond motifs is 1. The summed E-state index contributed by atoms with van der Waals surface area (Å²) in [6.07, 6.45) is 4.24. The van der Waals surface area contributed by atoms with E-state index in [1.165, 1.54) is 0 Å². The van der Waals surface area contributed by atoms with Crippen molar-refractivity contribution in [3.8, 4) is 11.8 Å². The van der Waals surface area contributed by atoms with Gasteiger partial charge in [0, 0.05) is 30.4 Å². The van der Waals surface area contributed by atoms with Gasteiger partial charge in [-0.1, -0.05) is 6.08 Å². The largest absolute Gasteiger partial charge is 0.492 e. The molecule has 1 saturated carbocycles. The van der Waals surface area contributed by atoms with Crippen molar-refractivity contribution in [3.05, 3.63) is 35.7 Å². The van der Waals surface area contributed by atoms with E-state index in [2.05, 4.69) is 25.9 Å². The Morgan fingerprint density at radius 2 is 2.16 bits per heavy atom. The molecule has 2 aromatic rings. The molecule has 4 rings (SSSR count). The molecule has 0 amide bonds. The van der Waals surface area contributed by atoms with Gasteiger partial charge in [-0.15, -0.1) is 0 Å². The van der Waals surface area contributed by atoms with Gasteiger partial charge in [-0.3, -0.25) is 4.99 Å². The molecule has 9 heteroatoms. The predicted molar refractivity (Wildman–Crippen MR) is 116 cm³/mol. The van der Waals surface area contributed by atoms with Gasteiger partial charge in [0.05, 0.1) is 29.8 Å². The van der Waals surface area contributed by atoms with Crippen LogP contribution in [-0.2, 0) is 0 Å². The van der Waals surface area contributed by atoms with Gasteiger partial charge in [0.15, 0.2) is 0 Å². The number of hydrogen-bond acceptors (Lipinski definition) is 5. The molecule has 2 unspecified atom stereocenters. The Morgan fingerprint density at radius 1 is 1.38 bits per heavy atom. The van der Waals surface area contributed by atoms with E-state index in [-0.39, 0.29) is 18.5 Å². The zero-order chi connectivity index (χ0) is 22.9. The molecular formula is C23H26F3N5O. The number of nitrogens with one attached hydrogen (secondary N) is 1. The van der Waals surface area contributed by atoms with Crippen molar-refractivity contribution in [3.63, 3.8) is 0 Å². The summed E-state index contributed by atoms with van der Waals surface area (Å²) in [5.74, 6) is 0.471. The maximum atomic E-state index is 12.8. The number of nitriles is 1. The van der Waals surface area contributed by atoms with Crippen LogP contribution in [0, 0.1) is 17.2 Å². The smallest absolute Gasteiger partial charge is 0.403 e. The van der Waals surface area contributed by atoms with Gasteiger partial charge >= 0.3 is 6.18 Å². The van der Waals surface area contributed by atoms with Crippen LogP contribution in [0.15, 0.2) is 29.4 Å². The molecular weight excluding hydrogens is 419 g/mol. The molecule has 2 atom stereocenters. The van der Waals surface area contributed by atoms with Crippen LogP contribution in [0.1, 0.15) is 50.4 Å². The molecule has 1 aliphatic carbocycles. The molecule has 32 heavy (non-hydrogen) atoms. The minimum absolute atomic E-state index is 0.140. The van der Waals surface area contributed by atoms with Gasteiger partial charge in [-0.05, 0) is 45.3 Å². The molecule has 0 saturated heterocycles. The zero-order valence-corrected chi connectivity index (χ0v) is 18.1. The van der Waals surface area contributed by atoms with Gasteiger partial charge in [-0.25, -0.2) is 4.98 Å². The summed E-state index contributed by atoms with van der Waals surface area (Å²) in [6, 6.07) is 2.86. The van der Waals surface area contributed by atoms with E-state index in [0.717, 1.165) is 42.9 Å². The third-order valence-corrected chi connectivity index (χ3v) is 6.12. The Balaban J connectivity index is 1.65. The number of nitrogens with zero attached hydrogens (tertiary/aromatic N) is 4. The van der Waals surface area contributed by atoms with Crippen LogP contribution in [-0.4, -0.2) is 47.2 Å². The number of dihydropyridines is 1. The standard InChI is InChI=1S/C23H26F3N5O/c1-3-32-17-9-18-19(10-27)21(31(16-5-4-6-16)22(18)30-13-17)20-8-7-15(12-29-20)11-28-14(2)23(24,25)26/h7-9,13-16,28H,3-6,11-12H2,1-2H3. The Labute approximate surface area is 184 Å². The molecule has 0 spiro atoms. The van der Waals surface area contributed by atoms with Crippen molar-refractivity contribution >= 4 is 16.7 Å². The number of halogens is 3. The number of aliphatic imine (C=N–C) groups is 1. The summed E-state index contributed by atoms with van der Waals surface area (Å²) in [4.78, 5) is 9.27. The lowest BCUT2D eigenvalue weighted by molar-refractivity contribution is -0.151. The third kappa shape index (κ3) is 4.24. The van der Waals surface area contributed by atoms with Gasteiger partial charge in [0.1, 0.15) is 23.5 Å². The number of ether oxygens (including phenoxy) is 1. The van der Waals surface area contributed by atoms with Crippen molar-refractivity contribution in [2.75, 3.05) is 19.7 Å². The minimum Gasteiger partial charge on any atom is -0.492 e. The van der Waals surface area contributed by atoms with E-state index in [1.54, 1.807) is 6.20 Å². The number of hydrogen-bond donors (Lipinski definition) is 1. The average molecular weight is 445 g/mol. The molecule has 0 aromatic carbocycles. The van der Waals surface area contributed by atoms with Crippen LogP contribution in [0.5, 0.6) is 5.75 Å². The van der Waals surface area contributed by atoms with Crippen LogP contribution < -0.4 is 10.1 Å². The summed E-state index contributed by atoms with van der Waals surface area (Å²) in [6.45, 7) is 4.05. The lowest BCUT2D eigenvalue weighted by Crippen LogP contribution is -2.42. The van der Waals surface area contributed by atoms with Crippen molar-refractivity contribution in [1.82, 2.24) is 14.9 Å². The highest BCUT2D eigenvalue weighted by atomic mass is 19.4. The van der Waals surface area contributed by atoms with Crippen molar-refractivity contribution in [1.29, 1.82) is 5.26 Å². The maximum absolute atomic E-state index is 12.8. The fourth-order valence-electron chi connectivity index (χ4n) is 4.07. The molecule has 2 aromatic heterocycles. The van der Waals surface area contributed by atoms with E-state index in [1.807, 2.05) is 25.1 Å². The maximum Gasteiger partial charge on any atom is 0.403 e. The van der Waals surface area contributed by atoms with E-state index in [9.17, 15) is 18.4 Å². The van der Waals surface area contributed by atoms with Gasteiger partial charge in [0.2, 0.25) is 0 Å². The number of allylic oxidation sites excluding steroid dienone is 1. The molecule has 0 bridgehead atoms. The highest BCUT2D eigenvalue weighted by Crippen LogP contribution is 2.39. The van der Waals surface area contributed by atoms with Crippen molar-refractivity contribution < 1.29 is 17.9 Å². The quantitative estimate of drug-likeness (QED) is 0.679. The predicted octanol–water partition coefficient (Wildman–Crippen LogP) is 4.55. The molecule has 0 radical (unpaired) electrons. The first kappa shape index (κ1) is 22.3. The second-order valence-corrected chi connectivity index (χ2v) is 8.28. The highest BCUT2D eigenvalue weighted by Gasteiger charge is 2.36. The normalized spacial score (nSPS) is 20.0. The summed E-state index contributed by atoms with van der Waals surface area (Å²) < 4.78 is 45.9. The second-order valence-electron chi connectivity index (χ2n) is 8.28. The average Bonchev–Trinajstić information content (AvgIpc) is 3.04. The Hall–Kier alpha value is -2.86. The van der Waals surface area contributed by atoms with E-state index >= 15 is 0 Å². The third-order valence-electron chi connectivity index (χ3n) is 6.12. The first-order valence-electron chi connectivity index (χ1n) is 10.9. The summed E-state index contributed by atoms with van der Waals surface area (Å²) in [5, 5.41) is 13.3. The van der Waals surface area contributed by atoms with Crippen LogP contribution in [0.25, 0.3) is 11.0 Å². The number of aromatic nitrogens is 2. The topological polar surface area (TPSA) is 75.2 Å². The highest BCUT2D eigenvalue weighted by molar-refractivity contribution is 6.13. The monoisotopic (exact) mass is 445 g/mol. The first-order valence-corrected chi connectivity index (χ1v) is 10.9. The van der Waals surface area contributed by atoms with E-state index in [4.69, 9.17) is 4.74 Å². The number of alkyl halides is 3. The summed E-state index contributed by atoms with van der Waals surface area (Å²) in [7, 11) is 0. The van der Waals surface area contributed by atoms with Gasteiger partial charge in [-0.2, -0.15) is 18.4 Å². The van der Waals surface area contributed by atoms with Crippen LogP contribution in [0.4, 0.5) is 13.2 Å². The molecule has 3 heterocycles. The van der Waals surface area contributed by atoms with Crippen molar-refractivity contribution in [2.45, 2.75) is 51.4 Å². The van der Waals surface area contributed by atoms with Crippen LogP contribution in [0.3, 0.4) is 0 Å². The van der Waals surface area contributed by atoms with Crippen molar-refractivity contribution in [2.24, 2.45) is 10.9 Å². The fourth-order valence-corrected chi connectivity index (χ4v) is 4.07. The van der Waals surface area contributed by atoms with E-state index < -0.39 is 12.2 Å². The second kappa shape index (κ2) is 8.94. The summed E-state index contributed by atoms with van der Waals surface area (Å²) in [5.41, 5.74) is 2.65.